The van der Waals surface area contributed by atoms with Gasteiger partial charge in [0.05, 0.1) is 0 Å². The second-order valence-corrected chi connectivity index (χ2v) is 5.39. The molecule has 2 N–H and O–H groups in total. The molecule has 1 aromatic heterocycles. The van der Waals surface area contributed by atoms with E-state index >= 15 is 0 Å². The zero-order valence-corrected chi connectivity index (χ0v) is 10.7. The van der Waals surface area contributed by atoms with Crippen molar-refractivity contribution in [1.82, 2.24) is 0 Å². The Morgan fingerprint density at radius 1 is 1.31 bits per heavy atom. The van der Waals surface area contributed by atoms with Crippen LogP contribution in [0.15, 0.2) is 41.1 Å². The van der Waals surface area contributed by atoms with E-state index in [4.69, 9.17) is 17.3 Å². The van der Waals surface area contributed by atoms with Gasteiger partial charge in [0.25, 0.3) is 0 Å². The van der Waals surface area contributed by atoms with E-state index in [2.05, 4.69) is 16.8 Å². The minimum Gasteiger partial charge on any atom is -0.321 e. The molecule has 16 heavy (non-hydrogen) atoms. The lowest BCUT2D eigenvalue weighted by atomic mass is 9.87. The molecule has 1 atom stereocenters. The van der Waals surface area contributed by atoms with Crippen molar-refractivity contribution in [3.05, 3.63) is 57.2 Å². The zero-order valence-electron chi connectivity index (χ0n) is 9.11. The highest BCUT2D eigenvalue weighted by atomic mass is 35.5. The average Bonchev–Trinajstić information content (AvgIpc) is 2.70. The largest absolute Gasteiger partial charge is 0.321 e. The van der Waals surface area contributed by atoms with Crippen molar-refractivity contribution in [1.29, 1.82) is 0 Å². The highest BCUT2D eigenvalue weighted by Gasteiger charge is 2.24. The summed E-state index contributed by atoms with van der Waals surface area (Å²) in [6, 6.07) is 9.88. The Labute approximate surface area is 105 Å². The van der Waals surface area contributed by atoms with E-state index in [1.165, 1.54) is 5.56 Å². The summed E-state index contributed by atoms with van der Waals surface area (Å²) in [5.41, 5.74) is 8.19. The van der Waals surface area contributed by atoms with Gasteiger partial charge in [0.2, 0.25) is 0 Å². The number of benzene rings is 1. The molecule has 3 heteroatoms. The van der Waals surface area contributed by atoms with Gasteiger partial charge >= 0.3 is 0 Å². The Kier molecular flexibility index (Phi) is 3.33. The van der Waals surface area contributed by atoms with E-state index in [1.807, 2.05) is 31.2 Å². The molecule has 0 amide bonds. The fourth-order valence-electron chi connectivity index (χ4n) is 1.84. The molecule has 0 radical (unpaired) electrons. The van der Waals surface area contributed by atoms with Crippen molar-refractivity contribution >= 4 is 22.9 Å². The predicted molar refractivity (Wildman–Crippen MR) is 71.0 cm³/mol. The summed E-state index contributed by atoms with van der Waals surface area (Å²) in [4.78, 5) is 0. The van der Waals surface area contributed by atoms with Gasteiger partial charge in [-0.1, -0.05) is 29.8 Å². The smallest absolute Gasteiger partial charge is 0.0456 e. The van der Waals surface area contributed by atoms with Crippen LogP contribution in [0.4, 0.5) is 0 Å². The van der Waals surface area contributed by atoms with E-state index in [9.17, 15) is 0 Å². The molecule has 0 spiro atoms. The molecule has 1 heterocycles. The minimum absolute atomic E-state index is 0.417. The van der Waals surface area contributed by atoms with Gasteiger partial charge in [-0.2, -0.15) is 11.3 Å². The second-order valence-electron chi connectivity index (χ2n) is 4.21. The molecule has 1 unspecified atom stereocenters. The van der Waals surface area contributed by atoms with Crippen molar-refractivity contribution in [3.8, 4) is 0 Å². The monoisotopic (exact) mass is 251 g/mol. The molecule has 1 aromatic carbocycles. The molecular formula is C13H14ClNS. The predicted octanol–water partition coefficient (Wildman–Crippen LogP) is 3.82. The van der Waals surface area contributed by atoms with E-state index in [-0.39, 0.29) is 0 Å². The third kappa shape index (κ3) is 2.46. The second kappa shape index (κ2) is 4.58. The topological polar surface area (TPSA) is 26.0 Å². The summed E-state index contributed by atoms with van der Waals surface area (Å²) in [5.74, 6) is 0. The van der Waals surface area contributed by atoms with Gasteiger partial charge < -0.3 is 5.73 Å². The van der Waals surface area contributed by atoms with Gasteiger partial charge in [0, 0.05) is 10.6 Å². The molecule has 0 aliphatic rings. The van der Waals surface area contributed by atoms with Crippen LogP contribution in [0.1, 0.15) is 18.1 Å². The maximum Gasteiger partial charge on any atom is 0.0456 e. The first-order valence-electron chi connectivity index (χ1n) is 5.14. The van der Waals surface area contributed by atoms with Gasteiger partial charge in [-0.05, 0) is 47.4 Å². The SMILES string of the molecule is CC(N)(Cc1ccsc1)c1ccccc1Cl. The Balaban J connectivity index is 2.28. The standard InChI is InChI=1S/C13H14ClNS/c1-13(15,8-10-6-7-16-9-10)11-4-2-3-5-12(11)14/h2-7,9H,8,15H2,1H3. The highest BCUT2D eigenvalue weighted by molar-refractivity contribution is 7.07. The molecule has 0 aliphatic heterocycles. The maximum absolute atomic E-state index is 6.35. The van der Waals surface area contributed by atoms with Crippen molar-refractivity contribution in [3.63, 3.8) is 0 Å². The van der Waals surface area contributed by atoms with E-state index < -0.39 is 5.54 Å². The molecule has 0 bridgehead atoms. The molecular weight excluding hydrogens is 238 g/mol. The van der Waals surface area contributed by atoms with Crippen LogP contribution in [0.2, 0.25) is 5.02 Å². The maximum atomic E-state index is 6.35. The highest BCUT2D eigenvalue weighted by Crippen LogP contribution is 2.29. The summed E-state index contributed by atoms with van der Waals surface area (Å²) >= 11 is 7.86. The van der Waals surface area contributed by atoms with Crippen LogP contribution >= 0.6 is 22.9 Å². The number of rotatable bonds is 3. The number of hydrogen-bond donors (Lipinski definition) is 1. The lowest BCUT2D eigenvalue weighted by Crippen LogP contribution is -2.35. The average molecular weight is 252 g/mol. The van der Waals surface area contributed by atoms with Gasteiger partial charge in [-0.3, -0.25) is 0 Å². The minimum atomic E-state index is -0.417. The Bertz CT molecular complexity index is 463. The van der Waals surface area contributed by atoms with Gasteiger partial charge in [-0.25, -0.2) is 0 Å². The molecule has 2 aromatic rings. The van der Waals surface area contributed by atoms with Crippen LogP contribution in [-0.2, 0) is 12.0 Å². The van der Waals surface area contributed by atoms with Crippen LogP contribution in [0, 0.1) is 0 Å². The fourth-order valence-corrected chi connectivity index (χ4v) is 2.86. The van der Waals surface area contributed by atoms with Crippen LogP contribution < -0.4 is 5.73 Å². The lowest BCUT2D eigenvalue weighted by Gasteiger charge is -2.26. The van der Waals surface area contributed by atoms with Crippen LogP contribution in [-0.4, -0.2) is 0 Å². The normalized spacial score (nSPS) is 14.7. The van der Waals surface area contributed by atoms with Crippen molar-refractivity contribution in [2.75, 3.05) is 0 Å². The molecule has 2 rings (SSSR count). The van der Waals surface area contributed by atoms with Crippen molar-refractivity contribution < 1.29 is 0 Å². The first-order chi connectivity index (χ1) is 7.59. The first-order valence-corrected chi connectivity index (χ1v) is 6.46. The summed E-state index contributed by atoms with van der Waals surface area (Å²) in [5, 5.41) is 4.93. The Hall–Kier alpha value is -0.830. The van der Waals surface area contributed by atoms with Gasteiger partial charge in [0.15, 0.2) is 0 Å². The third-order valence-electron chi connectivity index (χ3n) is 2.64. The number of halogens is 1. The Morgan fingerprint density at radius 2 is 2.06 bits per heavy atom. The van der Waals surface area contributed by atoms with Crippen molar-refractivity contribution in [2.45, 2.75) is 18.9 Å². The summed E-state index contributed by atoms with van der Waals surface area (Å²) in [6.45, 7) is 2.02. The van der Waals surface area contributed by atoms with Gasteiger partial charge in [0.1, 0.15) is 0 Å². The van der Waals surface area contributed by atoms with Crippen molar-refractivity contribution in [2.24, 2.45) is 5.73 Å². The number of thiophene rings is 1. The van der Waals surface area contributed by atoms with E-state index in [0.29, 0.717) is 0 Å². The fraction of sp³-hybridized carbons (Fsp3) is 0.231. The molecule has 0 saturated heterocycles. The molecule has 0 saturated carbocycles. The Morgan fingerprint density at radius 3 is 2.69 bits per heavy atom. The van der Waals surface area contributed by atoms with E-state index in [0.717, 1.165) is 17.0 Å². The quantitative estimate of drug-likeness (QED) is 0.882. The number of nitrogens with two attached hydrogens (primary N) is 1. The summed E-state index contributed by atoms with van der Waals surface area (Å²) < 4.78 is 0. The molecule has 0 aliphatic carbocycles. The first kappa shape index (κ1) is 11.6. The van der Waals surface area contributed by atoms with Crippen LogP contribution in [0.25, 0.3) is 0 Å². The summed E-state index contributed by atoms with van der Waals surface area (Å²) in [6.07, 6.45) is 0.806. The molecule has 84 valence electrons. The van der Waals surface area contributed by atoms with E-state index in [1.54, 1.807) is 11.3 Å². The molecule has 1 nitrogen and oxygen atoms in total. The zero-order chi connectivity index (χ0) is 11.6. The van der Waals surface area contributed by atoms with Crippen LogP contribution in [0.5, 0.6) is 0 Å². The summed E-state index contributed by atoms with van der Waals surface area (Å²) in [7, 11) is 0. The number of hydrogen-bond acceptors (Lipinski definition) is 2. The lowest BCUT2D eigenvalue weighted by molar-refractivity contribution is 0.492. The van der Waals surface area contributed by atoms with Crippen LogP contribution in [0.3, 0.4) is 0 Å². The third-order valence-corrected chi connectivity index (χ3v) is 3.70. The molecule has 0 fully saturated rings. The van der Waals surface area contributed by atoms with Gasteiger partial charge in [-0.15, -0.1) is 0 Å².